The maximum absolute atomic E-state index is 12.7. The summed E-state index contributed by atoms with van der Waals surface area (Å²) in [5, 5.41) is 20.2. The lowest BCUT2D eigenvalue weighted by atomic mass is 10.0. The minimum atomic E-state index is -5.01. The fourth-order valence-electron chi connectivity index (χ4n) is 2.12. The quantitative estimate of drug-likeness (QED) is 0.671. The molecule has 0 radical (unpaired) electrons. The Balaban J connectivity index is 2.34. The van der Waals surface area contributed by atoms with Gasteiger partial charge >= 0.3 is 18.3 Å². The average Bonchev–Trinajstić information content (AvgIpc) is 2.59. The van der Waals surface area contributed by atoms with Gasteiger partial charge in [-0.3, -0.25) is 4.79 Å². The zero-order chi connectivity index (χ0) is 21.3. The van der Waals surface area contributed by atoms with Crippen molar-refractivity contribution < 1.29 is 46.1 Å². The minimum absolute atomic E-state index is 0.258. The molecule has 6 nitrogen and oxygen atoms in total. The molecule has 1 aromatic heterocycles. The summed E-state index contributed by atoms with van der Waals surface area (Å²) in [6.07, 6.45) is -12.8. The number of aliphatic hydroxyl groups excluding tert-OH is 1. The number of nitrogens with one attached hydrogen (secondary N) is 1. The number of aromatic carboxylic acids is 1. The van der Waals surface area contributed by atoms with Crippen molar-refractivity contribution in [3.05, 3.63) is 58.8 Å². The molecule has 150 valence electrons. The van der Waals surface area contributed by atoms with Crippen LogP contribution in [0.2, 0.25) is 0 Å². The van der Waals surface area contributed by atoms with Crippen LogP contribution in [0.3, 0.4) is 0 Å². The summed E-state index contributed by atoms with van der Waals surface area (Å²) in [5.74, 6) is -3.50. The van der Waals surface area contributed by atoms with Crippen LogP contribution < -0.4 is 5.32 Å². The van der Waals surface area contributed by atoms with Gasteiger partial charge in [0.05, 0.1) is 22.4 Å². The second-order valence-corrected chi connectivity index (χ2v) is 5.41. The van der Waals surface area contributed by atoms with Gasteiger partial charge in [-0.25, -0.2) is 9.78 Å². The normalized spacial score (nSPS) is 13.1. The fraction of sp³-hybridized carbons (Fsp3) is 0.188. The van der Waals surface area contributed by atoms with E-state index in [0.717, 1.165) is 18.2 Å². The first-order valence-corrected chi connectivity index (χ1v) is 7.28. The van der Waals surface area contributed by atoms with Crippen molar-refractivity contribution in [2.24, 2.45) is 0 Å². The largest absolute Gasteiger partial charge is 0.478 e. The molecular weight excluding hydrogens is 398 g/mol. The van der Waals surface area contributed by atoms with Crippen molar-refractivity contribution in [1.29, 1.82) is 0 Å². The Kier molecular flexibility index (Phi) is 5.64. The third kappa shape index (κ3) is 4.76. The molecule has 28 heavy (non-hydrogen) atoms. The number of carboxylic acids is 1. The molecule has 2 aromatic rings. The minimum Gasteiger partial charge on any atom is -0.478 e. The number of carbonyl (C=O) groups excluding carboxylic acids is 1. The van der Waals surface area contributed by atoms with Crippen molar-refractivity contribution >= 4 is 17.7 Å². The lowest BCUT2D eigenvalue weighted by molar-refractivity contribution is -0.207. The summed E-state index contributed by atoms with van der Waals surface area (Å²) in [5.41, 5.74) is -3.76. The van der Waals surface area contributed by atoms with Crippen molar-refractivity contribution in [3.8, 4) is 0 Å². The zero-order valence-electron chi connectivity index (χ0n) is 13.5. The highest BCUT2D eigenvalue weighted by Crippen LogP contribution is 2.32. The Hall–Kier alpha value is -3.15. The monoisotopic (exact) mass is 408 g/mol. The maximum Gasteiger partial charge on any atom is 0.420 e. The fourth-order valence-corrected chi connectivity index (χ4v) is 2.12. The van der Waals surface area contributed by atoms with E-state index in [1.165, 1.54) is 0 Å². The zero-order valence-corrected chi connectivity index (χ0v) is 13.5. The van der Waals surface area contributed by atoms with Gasteiger partial charge in [-0.1, -0.05) is 6.07 Å². The smallest absolute Gasteiger partial charge is 0.420 e. The first-order valence-electron chi connectivity index (χ1n) is 7.28. The van der Waals surface area contributed by atoms with Crippen LogP contribution in [-0.2, 0) is 6.18 Å². The van der Waals surface area contributed by atoms with Gasteiger partial charge in [0, 0.05) is 0 Å². The molecule has 2 rings (SSSR count). The lowest BCUT2D eigenvalue weighted by Crippen LogP contribution is -2.22. The van der Waals surface area contributed by atoms with Gasteiger partial charge in [-0.2, -0.15) is 26.3 Å². The second-order valence-electron chi connectivity index (χ2n) is 5.41. The predicted molar refractivity (Wildman–Crippen MR) is 81.6 cm³/mol. The van der Waals surface area contributed by atoms with E-state index in [2.05, 4.69) is 4.98 Å². The topological polar surface area (TPSA) is 99.5 Å². The Labute approximate surface area is 152 Å². The lowest BCUT2D eigenvalue weighted by Gasteiger charge is -2.15. The Morgan fingerprint density at radius 2 is 1.64 bits per heavy atom. The Morgan fingerprint density at radius 3 is 2.18 bits per heavy atom. The molecule has 3 N–H and O–H groups in total. The highest BCUT2D eigenvalue weighted by atomic mass is 19.4. The van der Waals surface area contributed by atoms with E-state index in [4.69, 9.17) is 5.11 Å². The maximum atomic E-state index is 12.7. The summed E-state index contributed by atoms with van der Waals surface area (Å²) in [6, 6.07) is 4.30. The molecule has 1 amide bonds. The molecule has 1 aromatic carbocycles. The van der Waals surface area contributed by atoms with Crippen LogP contribution in [0.1, 0.15) is 38.1 Å². The summed E-state index contributed by atoms with van der Waals surface area (Å²) in [6.45, 7) is 0. The molecule has 12 heteroatoms. The number of hydrogen-bond donors (Lipinski definition) is 3. The van der Waals surface area contributed by atoms with E-state index in [1.807, 2.05) is 5.32 Å². The molecule has 0 saturated heterocycles. The van der Waals surface area contributed by atoms with Gasteiger partial charge < -0.3 is 15.5 Å². The van der Waals surface area contributed by atoms with Crippen LogP contribution in [0, 0.1) is 0 Å². The van der Waals surface area contributed by atoms with E-state index in [9.17, 15) is 41.0 Å². The third-order valence-corrected chi connectivity index (χ3v) is 3.42. The highest BCUT2D eigenvalue weighted by Gasteiger charge is 2.40. The molecule has 0 fully saturated rings. The van der Waals surface area contributed by atoms with Gasteiger partial charge in [0.25, 0.3) is 5.91 Å². The standard InChI is InChI=1S/C16H10F6N2O4/c17-15(18,19)7-4-5-8(9(6-7)14(27)28)13(26)24-11-3-1-2-10(23-11)12(25)16(20,21)22/h1-6,12,25H,(H,27,28)(H,23,24,26). The van der Waals surface area contributed by atoms with Crippen LogP contribution in [0.25, 0.3) is 0 Å². The molecule has 1 atom stereocenters. The van der Waals surface area contributed by atoms with Crippen LogP contribution in [0.5, 0.6) is 0 Å². The van der Waals surface area contributed by atoms with Gasteiger partial charge in [0.1, 0.15) is 5.82 Å². The van der Waals surface area contributed by atoms with Crippen molar-refractivity contribution in [3.63, 3.8) is 0 Å². The number of nitrogens with zero attached hydrogens (tertiary/aromatic N) is 1. The van der Waals surface area contributed by atoms with Crippen LogP contribution in [-0.4, -0.2) is 33.2 Å². The number of carboxylic acid groups (broad SMARTS) is 1. The summed E-state index contributed by atoms with van der Waals surface area (Å²) in [7, 11) is 0. The number of alkyl halides is 6. The number of pyridine rings is 1. The number of benzene rings is 1. The molecule has 0 aliphatic carbocycles. The third-order valence-electron chi connectivity index (χ3n) is 3.42. The molecule has 0 spiro atoms. The number of hydrogen-bond acceptors (Lipinski definition) is 4. The first-order chi connectivity index (χ1) is 12.8. The number of amides is 1. The molecule has 0 bridgehead atoms. The van der Waals surface area contributed by atoms with Gasteiger partial charge in [-0.05, 0) is 30.3 Å². The van der Waals surface area contributed by atoms with Crippen molar-refractivity contribution in [2.75, 3.05) is 5.32 Å². The summed E-state index contributed by atoms with van der Waals surface area (Å²) in [4.78, 5) is 26.8. The number of aromatic nitrogens is 1. The van der Waals surface area contributed by atoms with Gasteiger partial charge in [0.2, 0.25) is 0 Å². The molecular formula is C16H10F6N2O4. The van der Waals surface area contributed by atoms with Crippen LogP contribution in [0.4, 0.5) is 32.2 Å². The van der Waals surface area contributed by atoms with E-state index in [0.29, 0.717) is 12.1 Å². The van der Waals surface area contributed by atoms with Crippen molar-refractivity contribution in [2.45, 2.75) is 18.5 Å². The SMILES string of the molecule is O=C(O)c1cc(C(F)(F)F)ccc1C(=O)Nc1cccc(C(O)C(F)(F)F)n1. The van der Waals surface area contributed by atoms with Crippen molar-refractivity contribution in [1.82, 2.24) is 4.98 Å². The van der Waals surface area contributed by atoms with E-state index < -0.39 is 58.5 Å². The average molecular weight is 408 g/mol. The number of anilines is 1. The molecule has 0 saturated carbocycles. The Bertz CT molecular complexity index is 911. The molecule has 0 aliphatic heterocycles. The second kappa shape index (κ2) is 7.46. The predicted octanol–water partition coefficient (Wildman–Crippen LogP) is 3.65. The van der Waals surface area contributed by atoms with E-state index >= 15 is 0 Å². The summed E-state index contributed by atoms with van der Waals surface area (Å²) >= 11 is 0. The number of halogens is 6. The van der Waals surface area contributed by atoms with Gasteiger partial charge in [0.15, 0.2) is 6.10 Å². The number of rotatable bonds is 4. The number of carbonyl (C=O) groups is 2. The first kappa shape index (κ1) is 21.2. The Morgan fingerprint density at radius 1 is 1.00 bits per heavy atom. The highest BCUT2D eigenvalue weighted by molar-refractivity contribution is 6.10. The van der Waals surface area contributed by atoms with Crippen LogP contribution in [0.15, 0.2) is 36.4 Å². The number of aliphatic hydroxyl groups is 1. The van der Waals surface area contributed by atoms with E-state index in [1.54, 1.807) is 0 Å². The summed E-state index contributed by atoms with van der Waals surface area (Å²) < 4.78 is 75.7. The van der Waals surface area contributed by atoms with Gasteiger partial charge in [-0.15, -0.1) is 0 Å². The molecule has 0 aliphatic rings. The molecule has 1 unspecified atom stereocenters. The molecule has 1 heterocycles. The van der Waals surface area contributed by atoms with Crippen LogP contribution >= 0.6 is 0 Å². The van der Waals surface area contributed by atoms with E-state index in [-0.39, 0.29) is 6.07 Å².